The maximum atomic E-state index is 13.6. The van der Waals surface area contributed by atoms with Crippen LogP contribution in [0.15, 0.2) is 42.5 Å². The Hall–Kier alpha value is -2.54. The highest BCUT2D eigenvalue weighted by Crippen LogP contribution is 2.39. The molecule has 0 bridgehead atoms. The number of esters is 1. The molecule has 0 spiro atoms. The Morgan fingerprint density at radius 2 is 1.70 bits per heavy atom. The van der Waals surface area contributed by atoms with Gasteiger partial charge in [-0.3, -0.25) is 4.79 Å². The molecular weight excluding hydrogens is 569 g/mol. The number of benzene rings is 2. The molecule has 0 amide bonds. The number of halogens is 3. The van der Waals surface area contributed by atoms with Gasteiger partial charge < -0.3 is 9.47 Å². The fourth-order valence-corrected chi connectivity index (χ4v) is 6.69. The summed E-state index contributed by atoms with van der Waals surface area (Å²) >= 11 is 1.66. The molecule has 1 aromatic heterocycles. The number of ether oxygens (including phenoxy) is 2. The van der Waals surface area contributed by atoms with E-state index in [1.165, 1.54) is 47.8 Å². The summed E-state index contributed by atoms with van der Waals surface area (Å²) in [7, 11) is 0. The second-order valence-corrected chi connectivity index (χ2v) is 14.2. The standard InChI is InChI=1S/C36H49F3O3S/c1-8-10-11-12-26-13-16-30(27(9-2)18-26)33-19-28-14-15-29(20-32(28)43-33)41-22-35(7,21-36(37,38)39)23-42-34(40)31(25(5)6)17-24(3)4/h13-16,18-20,24-25,31H,8-12,17,21-23H2,1-7H3. The highest BCUT2D eigenvalue weighted by Gasteiger charge is 2.41. The van der Waals surface area contributed by atoms with Gasteiger partial charge in [-0.25, -0.2) is 0 Å². The zero-order chi connectivity index (χ0) is 31.8. The van der Waals surface area contributed by atoms with E-state index in [9.17, 15) is 18.0 Å². The summed E-state index contributed by atoms with van der Waals surface area (Å²) in [4.78, 5) is 14.0. The van der Waals surface area contributed by atoms with Crippen molar-refractivity contribution < 1.29 is 27.4 Å². The first-order valence-corrected chi connectivity index (χ1v) is 16.6. The van der Waals surface area contributed by atoms with Gasteiger partial charge in [0.1, 0.15) is 12.4 Å². The van der Waals surface area contributed by atoms with Crippen molar-refractivity contribution in [3.8, 4) is 16.2 Å². The Morgan fingerprint density at radius 3 is 2.33 bits per heavy atom. The van der Waals surface area contributed by atoms with Crippen molar-refractivity contribution in [1.82, 2.24) is 0 Å². The molecule has 2 atom stereocenters. The first-order chi connectivity index (χ1) is 20.2. The molecule has 0 fully saturated rings. The molecule has 2 aromatic carbocycles. The summed E-state index contributed by atoms with van der Waals surface area (Å²) in [5.41, 5.74) is 2.50. The number of fused-ring (bicyclic) bond motifs is 1. The molecule has 0 saturated carbocycles. The van der Waals surface area contributed by atoms with Gasteiger partial charge >= 0.3 is 12.1 Å². The molecule has 0 aliphatic carbocycles. The van der Waals surface area contributed by atoms with Crippen LogP contribution in [0.1, 0.15) is 91.7 Å². The summed E-state index contributed by atoms with van der Waals surface area (Å²) in [5, 5.41) is 1.07. The molecule has 1 heterocycles. The average molecular weight is 619 g/mol. The number of rotatable bonds is 16. The van der Waals surface area contributed by atoms with Crippen LogP contribution in [0.3, 0.4) is 0 Å². The summed E-state index contributed by atoms with van der Waals surface area (Å²) in [5.74, 6) is 0.0325. The highest BCUT2D eigenvalue weighted by molar-refractivity contribution is 7.22. The van der Waals surface area contributed by atoms with E-state index in [2.05, 4.69) is 38.1 Å². The highest BCUT2D eigenvalue weighted by atomic mass is 32.1. The lowest BCUT2D eigenvalue weighted by Crippen LogP contribution is -2.37. The predicted molar refractivity (Wildman–Crippen MR) is 173 cm³/mol. The molecule has 0 aliphatic rings. The third-order valence-electron chi connectivity index (χ3n) is 7.99. The minimum Gasteiger partial charge on any atom is -0.493 e. The number of carbonyl (C=O) groups is 1. The summed E-state index contributed by atoms with van der Waals surface area (Å²) in [6.45, 7) is 13.2. The van der Waals surface area contributed by atoms with E-state index in [1.807, 2.05) is 39.8 Å². The Bertz CT molecular complexity index is 1330. The van der Waals surface area contributed by atoms with Crippen molar-refractivity contribution >= 4 is 27.4 Å². The number of carbonyl (C=O) groups excluding carboxylic acids is 1. The van der Waals surface area contributed by atoms with Crippen LogP contribution in [0.4, 0.5) is 13.2 Å². The Labute approximate surface area is 260 Å². The number of alkyl halides is 3. The van der Waals surface area contributed by atoms with E-state index < -0.39 is 24.0 Å². The fourth-order valence-electron chi connectivity index (χ4n) is 5.53. The lowest BCUT2D eigenvalue weighted by Gasteiger charge is -2.31. The molecule has 7 heteroatoms. The van der Waals surface area contributed by atoms with Gasteiger partial charge in [-0.2, -0.15) is 13.2 Å². The smallest absolute Gasteiger partial charge is 0.389 e. The lowest BCUT2D eigenvalue weighted by atomic mass is 9.86. The van der Waals surface area contributed by atoms with Gasteiger partial charge in [-0.15, -0.1) is 11.3 Å². The summed E-state index contributed by atoms with van der Waals surface area (Å²) in [6.07, 6.45) is 0.785. The van der Waals surface area contributed by atoms with Crippen LogP contribution in [-0.4, -0.2) is 25.4 Å². The summed E-state index contributed by atoms with van der Waals surface area (Å²) in [6, 6.07) is 14.6. The third kappa shape index (κ3) is 10.5. The van der Waals surface area contributed by atoms with Gasteiger partial charge in [0.15, 0.2) is 0 Å². The van der Waals surface area contributed by atoms with Crippen LogP contribution < -0.4 is 4.74 Å². The Morgan fingerprint density at radius 1 is 0.953 bits per heavy atom. The van der Waals surface area contributed by atoms with Crippen molar-refractivity contribution in [2.75, 3.05) is 13.2 Å². The molecule has 0 saturated heterocycles. The lowest BCUT2D eigenvalue weighted by molar-refractivity contribution is -0.177. The average Bonchev–Trinajstić information content (AvgIpc) is 3.36. The molecule has 3 aromatic rings. The SMILES string of the molecule is CCCCCc1ccc(-c2cc3ccc(OCC(C)(COC(=O)C(CC(C)C)C(C)C)CC(F)(F)F)cc3s2)c(CC)c1. The van der Waals surface area contributed by atoms with Gasteiger partial charge in [0, 0.05) is 15.0 Å². The number of thiophene rings is 1. The monoisotopic (exact) mass is 618 g/mol. The quantitative estimate of drug-likeness (QED) is 0.118. The molecule has 3 nitrogen and oxygen atoms in total. The number of hydrogen-bond donors (Lipinski definition) is 0. The molecule has 0 radical (unpaired) electrons. The summed E-state index contributed by atoms with van der Waals surface area (Å²) < 4.78 is 53.3. The van der Waals surface area contributed by atoms with E-state index >= 15 is 0 Å². The van der Waals surface area contributed by atoms with Crippen molar-refractivity contribution in [3.05, 3.63) is 53.6 Å². The van der Waals surface area contributed by atoms with E-state index in [1.54, 1.807) is 17.4 Å². The van der Waals surface area contributed by atoms with Crippen molar-refractivity contribution in [2.45, 2.75) is 99.6 Å². The van der Waals surface area contributed by atoms with E-state index in [4.69, 9.17) is 9.47 Å². The molecule has 3 rings (SSSR count). The topological polar surface area (TPSA) is 35.5 Å². The second-order valence-electron chi connectivity index (χ2n) is 13.1. The van der Waals surface area contributed by atoms with Crippen LogP contribution in [0.5, 0.6) is 5.75 Å². The minimum absolute atomic E-state index is 0.0413. The molecule has 0 aliphatic heterocycles. The fraction of sp³-hybridized carbons (Fsp3) is 0.583. The van der Waals surface area contributed by atoms with Gasteiger partial charge in [0.25, 0.3) is 0 Å². The van der Waals surface area contributed by atoms with E-state index in [0.29, 0.717) is 12.2 Å². The molecule has 43 heavy (non-hydrogen) atoms. The number of unbranched alkanes of at least 4 members (excludes halogenated alkanes) is 2. The molecular formula is C36H49F3O3S. The second kappa shape index (κ2) is 15.5. The minimum atomic E-state index is -4.42. The Balaban J connectivity index is 1.76. The maximum Gasteiger partial charge on any atom is 0.389 e. The van der Waals surface area contributed by atoms with E-state index in [-0.39, 0.29) is 31.0 Å². The molecule has 2 unspecified atom stereocenters. The molecule has 238 valence electrons. The van der Waals surface area contributed by atoms with Gasteiger partial charge in [0.2, 0.25) is 0 Å². The van der Waals surface area contributed by atoms with Gasteiger partial charge in [0.05, 0.1) is 18.9 Å². The Kier molecular flexibility index (Phi) is 12.6. The van der Waals surface area contributed by atoms with Crippen molar-refractivity contribution in [3.63, 3.8) is 0 Å². The largest absolute Gasteiger partial charge is 0.493 e. The normalized spacial score (nSPS) is 14.3. The van der Waals surface area contributed by atoms with Crippen LogP contribution in [0.2, 0.25) is 0 Å². The van der Waals surface area contributed by atoms with Crippen LogP contribution >= 0.6 is 11.3 Å². The van der Waals surface area contributed by atoms with Crippen LogP contribution in [0, 0.1) is 23.2 Å². The third-order valence-corrected chi connectivity index (χ3v) is 9.12. The molecule has 0 N–H and O–H groups in total. The van der Waals surface area contributed by atoms with Gasteiger partial charge in [-0.1, -0.05) is 79.5 Å². The first kappa shape index (κ1) is 34.9. The maximum absolute atomic E-state index is 13.6. The number of hydrogen-bond acceptors (Lipinski definition) is 4. The number of aryl methyl sites for hydroxylation is 2. The van der Waals surface area contributed by atoms with Crippen LogP contribution in [-0.2, 0) is 22.4 Å². The van der Waals surface area contributed by atoms with E-state index in [0.717, 1.165) is 22.9 Å². The zero-order valence-electron chi connectivity index (χ0n) is 26.9. The predicted octanol–water partition coefficient (Wildman–Crippen LogP) is 11.1. The van der Waals surface area contributed by atoms with Gasteiger partial charge in [-0.05, 0) is 83.9 Å². The first-order valence-electron chi connectivity index (χ1n) is 15.8. The van der Waals surface area contributed by atoms with Crippen molar-refractivity contribution in [2.24, 2.45) is 23.2 Å². The van der Waals surface area contributed by atoms with Crippen LogP contribution in [0.25, 0.3) is 20.5 Å². The van der Waals surface area contributed by atoms with Crippen molar-refractivity contribution in [1.29, 1.82) is 0 Å². The zero-order valence-corrected chi connectivity index (χ0v) is 27.7.